The van der Waals surface area contributed by atoms with E-state index in [0.29, 0.717) is 0 Å². The zero-order valence-electron chi connectivity index (χ0n) is 11.7. The Morgan fingerprint density at radius 3 is 3.00 bits per heavy atom. The molecule has 1 aromatic rings. The Hall–Kier alpha value is -0.710. The summed E-state index contributed by atoms with van der Waals surface area (Å²) < 4.78 is 0. The van der Waals surface area contributed by atoms with E-state index in [4.69, 9.17) is 17.3 Å². The highest BCUT2D eigenvalue weighted by molar-refractivity contribution is 7.98. The number of amides is 1. The minimum Gasteiger partial charge on any atom is -0.334 e. The zero-order valence-corrected chi connectivity index (χ0v) is 13.3. The number of hydrogen-bond donors (Lipinski definition) is 1. The first-order chi connectivity index (χ1) is 9.65. The topological polar surface area (TPSA) is 46.3 Å². The van der Waals surface area contributed by atoms with Gasteiger partial charge in [0.2, 0.25) is 5.91 Å². The second-order valence-corrected chi connectivity index (χ2v) is 6.49. The van der Waals surface area contributed by atoms with Gasteiger partial charge in [-0.15, -0.1) is 0 Å². The van der Waals surface area contributed by atoms with E-state index in [2.05, 4.69) is 0 Å². The minimum atomic E-state index is -0.398. The first kappa shape index (κ1) is 15.7. The molecule has 1 heterocycles. The summed E-state index contributed by atoms with van der Waals surface area (Å²) in [5.41, 5.74) is 7.06. The van der Waals surface area contributed by atoms with E-state index in [9.17, 15) is 4.79 Å². The molecule has 1 saturated heterocycles. The fraction of sp³-hybridized carbons (Fsp3) is 0.533. The van der Waals surface area contributed by atoms with Gasteiger partial charge >= 0.3 is 0 Å². The predicted octanol–water partition coefficient (Wildman–Crippen LogP) is 3.08. The highest BCUT2D eigenvalue weighted by Gasteiger charge is 2.33. The molecule has 0 bridgehead atoms. The summed E-state index contributed by atoms with van der Waals surface area (Å²) in [6.45, 7) is 0.779. The molecule has 1 aromatic carbocycles. The molecule has 20 heavy (non-hydrogen) atoms. The number of benzene rings is 1. The van der Waals surface area contributed by atoms with Crippen LogP contribution in [-0.2, 0) is 4.79 Å². The summed E-state index contributed by atoms with van der Waals surface area (Å²) >= 11 is 7.98. The van der Waals surface area contributed by atoms with E-state index in [1.165, 1.54) is 0 Å². The summed E-state index contributed by atoms with van der Waals surface area (Å²) in [4.78, 5) is 14.4. The first-order valence-electron chi connectivity index (χ1n) is 6.94. The largest absolute Gasteiger partial charge is 0.334 e. The van der Waals surface area contributed by atoms with Crippen LogP contribution in [0.2, 0.25) is 5.02 Å². The lowest BCUT2D eigenvalue weighted by Crippen LogP contribution is -2.43. The van der Waals surface area contributed by atoms with Gasteiger partial charge in [0.1, 0.15) is 0 Å². The van der Waals surface area contributed by atoms with Gasteiger partial charge in [-0.2, -0.15) is 11.8 Å². The van der Waals surface area contributed by atoms with Crippen LogP contribution in [0, 0.1) is 0 Å². The number of hydrogen-bond acceptors (Lipinski definition) is 3. The Bertz CT molecular complexity index is 469. The van der Waals surface area contributed by atoms with Crippen LogP contribution in [0.1, 0.15) is 30.9 Å². The molecule has 0 aromatic heterocycles. The molecule has 0 radical (unpaired) electrons. The summed E-state index contributed by atoms with van der Waals surface area (Å²) in [5.74, 6) is 0.971. The molecule has 1 fully saturated rings. The van der Waals surface area contributed by atoms with Crippen molar-refractivity contribution >= 4 is 29.3 Å². The standard InChI is InChI=1S/C15H21ClN2OS/c1-20-10-8-13(17)15(19)18-9-4-7-14(18)11-5-2-3-6-12(11)16/h2-3,5-6,13-14H,4,7-10,17H2,1H3/t13-,14?/m0/s1. The molecule has 1 amide bonds. The van der Waals surface area contributed by atoms with Crippen LogP contribution in [0.5, 0.6) is 0 Å². The van der Waals surface area contributed by atoms with E-state index >= 15 is 0 Å². The Kier molecular flexibility index (Phi) is 5.75. The molecular formula is C15H21ClN2OS. The van der Waals surface area contributed by atoms with Gasteiger partial charge in [-0.1, -0.05) is 29.8 Å². The van der Waals surface area contributed by atoms with Gasteiger partial charge in [0.15, 0.2) is 0 Å². The van der Waals surface area contributed by atoms with Crippen molar-refractivity contribution < 1.29 is 4.79 Å². The Morgan fingerprint density at radius 2 is 2.30 bits per heavy atom. The van der Waals surface area contributed by atoms with E-state index in [1.807, 2.05) is 35.4 Å². The molecule has 1 aliphatic rings. The second kappa shape index (κ2) is 7.34. The molecule has 1 unspecified atom stereocenters. The Morgan fingerprint density at radius 1 is 1.55 bits per heavy atom. The van der Waals surface area contributed by atoms with Crippen LogP contribution >= 0.6 is 23.4 Å². The normalized spacial score (nSPS) is 20.1. The average Bonchev–Trinajstić information content (AvgIpc) is 2.93. The van der Waals surface area contributed by atoms with Crippen molar-refractivity contribution in [2.75, 3.05) is 18.6 Å². The van der Waals surface area contributed by atoms with Crippen molar-refractivity contribution in [3.05, 3.63) is 34.9 Å². The van der Waals surface area contributed by atoms with Crippen LogP contribution in [0.3, 0.4) is 0 Å². The molecular weight excluding hydrogens is 292 g/mol. The highest BCUT2D eigenvalue weighted by Crippen LogP contribution is 2.36. The molecule has 0 aliphatic carbocycles. The number of likely N-dealkylation sites (tertiary alicyclic amines) is 1. The summed E-state index contributed by atoms with van der Waals surface area (Å²) in [5, 5.41) is 0.731. The van der Waals surface area contributed by atoms with Crippen LogP contribution in [0.25, 0.3) is 0 Å². The van der Waals surface area contributed by atoms with Crippen molar-refractivity contribution in [2.24, 2.45) is 5.73 Å². The zero-order chi connectivity index (χ0) is 14.5. The minimum absolute atomic E-state index is 0.0569. The first-order valence-corrected chi connectivity index (χ1v) is 8.71. The number of rotatable bonds is 5. The third kappa shape index (κ3) is 3.48. The number of thioether (sulfide) groups is 1. The second-order valence-electron chi connectivity index (χ2n) is 5.10. The monoisotopic (exact) mass is 312 g/mol. The van der Waals surface area contributed by atoms with Crippen LogP contribution in [0.15, 0.2) is 24.3 Å². The molecule has 3 nitrogen and oxygen atoms in total. The van der Waals surface area contributed by atoms with E-state index in [-0.39, 0.29) is 11.9 Å². The lowest BCUT2D eigenvalue weighted by atomic mass is 10.0. The number of nitrogens with two attached hydrogens (primary N) is 1. The quantitative estimate of drug-likeness (QED) is 0.909. The number of carbonyl (C=O) groups excluding carboxylic acids is 1. The van der Waals surface area contributed by atoms with Gasteiger partial charge < -0.3 is 10.6 Å². The molecule has 2 atom stereocenters. The molecule has 2 N–H and O–H groups in total. The molecule has 1 aliphatic heterocycles. The predicted molar refractivity (Wildman–Crippen MR) is 86.1 cm³/mol. The van der Waals surface area contributed by atoms with E-state index in [1.54, 1.807) is 11.8 Å². The number of carbonyl (C=O) groups is 1. The van der Waals surface area contributed by atoms with Crippen molar-refractivity contribution in [2.45, 2.75) is 31.3 Å². The lowest BCUT2D eigenvalue weighted by Gasteiger charge is -2.28. The molecule has 2 rings (SSSR count). The maximum Gasteiger partial charge on any atom is 0.240 e. The van der Waals surface area contributed by atoms with Crippen LogP contribution in [-0.4, -0.2) is 35.4 Å². The smallest absolute Gasteiger partial charge is 0.240 e. The van der Waals surface area contributed by atoms with Gasteiger partial charge in [0.05, 0.1) is 12.1 Å². The van der Waals surface area contributed by atoms with Gasteiger partial charge in [0, 0.05) is 11.6 Å². The van der Waals surface area contributed by atoms with Gasteiger partial charge in [-0.05, 0) is 42.9 Å². The SMILES string of the molecule is CSCC[C@H](N)C(=O)N1CCCC1c1ccccc1Cl. The highest BCUT2D eigenvalue weighted by atomic mass is 35.5. The van der Waals surface area contributed by atoms with Crippen molar-refractivity contribution in [3.63, 3.8) is 0 Å². The maximum absolute atomic E-state index is 12.5. The third-order valence-electron chi connectivity index (χ3n) is 3.75. The van der Waals surface area contributed by atoms with E-state index in [0.717, 1.165) is 42.1 Å². The molecule has 5 heteroatoms. The molecule has 0 spiro atoms. The van der Waals surface area contributed by atoms with Crippen LogP contribution < -0.4 is 5.73 Å². The fourth-order valence-corrected chi connectivity index (χ4v) is 3.43. The van der Waals surface area contributed by atoms with Crippen molar-refractivity contribution in [1.29, 1.82) is 0 Å². The van der Waals surface area contributed by atoms with Crippen LogP contribution in [0.4, 0.5) is 0 Å². The lowest BCUT2D eigenvalue weighted by molar-refractivity contribution is -0.133. The number of halogens is 1. The summed E-state index contributed by atoms with van der Waals surface area (Å²) in [6.07, 6.45) is 4.73. The maximum atomic E-state index is 12.5. The molecule has 0 saturated carbocycles. The van der Waals surface area contributed by atoms with Gasteiger partial charge in [-0.25, -0.2) is 0 Å². The van der Waals surface area contributed by atoms with Gasteiger partial charge in [0.25, 0.3) is 0 Å². The van der Waals surface area contributed by atoms with E-state index < -0.39 is 6.04 Å². The number of nitrogens with zero attached hydrogens (tertiary/aromatic N) is 1. The summed E-state index contributed by atoms with van der Waals surface area (Å²) in [6, 6.07) is 7.45. The average molecular weight is 313 g/mol. The molecule has 110 valence electrons. The third-order valence-corrected chi connectivity index (χ3v) is 4.74. The summed E-state index contributed by atoms with van der Waals surface area (Å²) in [7, 11) is 0. The Labute approximate surface area is 129 Å². The van der Waals surface area contributed by atoms with Crippen molar-refractivity contribution in [1.82, 2.24) is 4.90 Å². The Balaban J connectivity index is 2.11. The van der Waals surface area contributed by atoms with Gasteiger partial charge in [-0.3, -0.25) is 4.79 Å². The van der Waals surface area contributed by atoms with Crippen molar-refractivity contribution in [3.8, 4) is 0 Å². The fourth-order valence-electron chi connectivity index (χ4n) is 2.68.